The summed E-state index contributed by atoms with van der Waals surface area (Å²) in [5.74, 6) is -0.521. The summed E-state index contributed by atoms with van der Waals surface area (Å²) in [5.41, 5.74) is 0. The number of Topliss-reactive ketones (excluding diaryl/α,β-unsaturated/α-hetero) is 1. The van der Waals surface area contributed by atoms with Crippen LogP contribution in [0.5, 0.6) is 0 Å². The largest absolute Gasteiger partial charge is 0.307 e. The molecule has 1 rings (SSSR count). The molecule has 0 amide bonds. The molecule has 1 unspecified atom stereocenters. The normalized spacial score (nSPS) is 24.2. The highest BCUT2D eigenvalue weighted by molar-refractivity contribution is 7.91. The predicted octanol–water partition coefficient (Wildman–Crippen LogP) is -0.258. The van der Waals surface area contributed by atoms with E-state index in [4.69, 9.17) is 0 Å². The minimum atomic E-state index is -3.16. The van der Waals surface area contributed by atoms with Crippen LogP contribution in [0.25, 0.3) is 0 Å². The SMILES string of the molecule is CS(=O)(=O)CC(=O)C1CCCCN1. The lowest BCUT2D eigenvalue weighted by Gasteiger charge is -2.21. The van der Waals surface area contributed by atoms with Crippen LogP contribution in [0.2, 0.25) is 0 Å². The number of carbonyl (C=O) groups is 1. The third-order valence-electron chi connectivity index (χ3n) is 2.10. The number of hydrogen-bond acceptors (Lipinski definition) is 4. The second-order valence-corrected chi connectivity index (χ2v) is 5.68. The van der Waals surface area contributed by atoms with E-state index >= 15 is 0 Å². The average Bonchev–Trinajstić information content (AvgIpc) is 2.03. The molecule has 0 aliphatic carbocycles. The molecule has 0 spiro atoms. The first kappa shape index (κ1) is 10.7. The summed E-state index contributed by atoms with van der Waals surface area (Å²) >= 11 is 0. The Morgan fingerprint density at radius 1 is 1.46 bits per heavy atom. The number of piperidine rings is 1. The van der Waals surface area contributed by atoms with E-state index in [9.17, 15) is 13.2 Å². The number of ketones is 1. The maximum atomic E-state index is 11.4. The summed E-state index contributed by atoms with van der Waals surface area (Å²) < 4.78 is 21.7. The molecule has 1 fully saturated rings. The average molecular weight is 205 g/mol. The van der Waals surface area contributed by atoms with Gasteiger partial charge in [-0.1, -0.05) is 6.42 Å². The fourth-order valence-electron chi connectivity index (χ4n) is 1.49. The monoisotopic (exact) mass is 205 g/mol. The van der Waals surface area contributed by atoms with Crippen molar-refractivity contribution in [3.05, 3.63) is 0 Å². The van der Waals surface area contributed by atoms with Crippen molar-refractivity contribution in [2.24, 2.45) is 0 Å². The molecule has 1 saturated heterocycles. The highest BCUT2D eigenvalue weighted by Gasteiger charge is 2.23. The number of carbonyl (C=O) groups excluding carboxylic acids is 1. The molecule has 4 nitrogen and oxygen atoms in total. The van der Waals surface area contributed by atoms with Crippen LogP contribution >= 0.6 is 0 Å². The molecular formula is C8H15NO3S. The van der Waals surface area contributed by atoms with Crippen LogP contribution in [0.3, 0.4) is 0 Å². The molecule has 0 saturated carbocycles. The lowest BCUT2D eigenvalue weighted by atomic mass is 10.0. The molecule has 0 aromatic heterocycles. The van der Waals surface area contributed by atoms with E-state index in [1.807, 2.05) is 0 Å². The van der Waals surface area contributed by atoms with Crippen molar-refractivity contribution in [2.75, 3.05) is 18.6 Å². The molecule has 1 aliphatic rings. The Hall–Kier alpha value is -0.420. The molecule has 0 aromatic rings. The van der Waals surface area contributed by atoms with Crippen LogP contribution in [0, 0.1) is 0 Å². The smallest absolute Gasteiger partial charge is 0.164 e. The molecule has 1 aliphatic heterocycles. The van der Waals surface area contributed by atoms with Crippen molar-refractivity contribution in [3.63, 3.8) is 0 Å². The molecule has 1 atom stereocenters. The van der Waals surface area contributed by atoms with Gasteiger partial charge in [0.05, 0.1) is 6.04 Å². The first-order chi connectivity index (χ1) is 5.99. The number of rotatable bonds is 3. The Morgan fingerprint density at radius 3 is 2.62 bits per heavy atom. The lowest BCUT2D eigenvalue weighted by Crippen LogP contribution is -2.42. The minimum Gasteiger partial charge on any atom is -0.307 e. The standard InChI is InChI=1S/C8H15NO3S/c1-13(11,12)6-8(10)7-4-2-3-5-9-7/h7,9H,2-6H2,1H3. The number of hydrogen-bond donors (Lipinski definition) is 1. The van der Waals surface area contributed by atoms with Gasteiger partial charge in [0.2, 0.25) is 0 Å². The van der Waals surface area contributed by atoms with Crippen LogP contribution in [0.4, 0.5) is 0 Å². The molecule has 1 heterocycles. The summed E-state index contributed by atoms with van der Waals surface area (Å²) in [5, 5.41) is 3.03. The van der Waals surface area contributed by atoms with Crippen LogP contribution in [0.15, 0.2) is 0 Å². The summed E-state index contributed by atoms with van der Waals surface area (Å²) in [6.07, 6.45) is 3.94. The minimum absolute atomic E-state index is 0.192. The second-order valence-electron chi connectivity index (χ2n) is 3.54. The highest BCUT2D eigenvalue weighted by atomic mass is 32.2. The molecule has 0 bridgehead atoms. The lowest BCUT2D eigenvalue weighted by molar-refractivity contribution is -0.119. The van der Waals surface area contributed by atoms with Crippen molar-refractivity contribution in [3.8, 4) is 0 Å². The molecule has 5 heteroatoms. The molecule has 0 radical (unpaired) electrons. The summed E-state index contributed by atoms with van der Waals surface area (Å²) in [6, 6.07) is -0.233. The van der Waals surface area contributed by atoms with E-state index in [-0.39, 0.29) is 17.6 Å². The van der Waals surface area contributed by atoms with Gasteiger partial charge < -0.3 is 5.32 Å². The molecule has 1 N–H and O–H groups in total. The van der Waals surface area contributed by atoms with Crippen LogP contribution in [-0.4, -0.2) is 38.8 Å². The maximum Gasteiger partial charge on any atom is 0.164 e. The molecule has 13 heavy (non-hydrogen) atoms. The third-order valence-corrected chi connectivity index (χ3v) is 2.91. The molecule has 76 valence electrons. The van der Waals surface area contributed by atoms with Crippen molar-refractivity contribution in [1.82, 2.24) is 5.32 Å². The third kappa shape index (κ3) is 3.87. The second kappa shape index (κ2) is 4.19. The first-order valence-electron chi connectivity index (χ1n) is 4.43. The fourth-order valence-corrected chi connectivity index (χ4v) is 2.20. The summed E-state index contributed by atoms with van der Waals surface area (Å²) in [7, 11) is -3.16. The quantitative estimate of drug-likeness (QED) is 0.689. The summed E-state index contributed by atoms with van der Waals surface area (Å²) in [6.45, 7) is 0.820. The van der Waals surface area contributed by atoms with Gasteiger partial charge in [0, 0.05) is 6.26 Å². The predicted molar refractivity (Wildman–Crippen MR) is 50.4 cm³/mol. The zero-order valence-electron chi connectivity index (χ0n) is 7.75. The van der Waals surface area contributed by atoms with Gasteiger partial charge in [0.1, 0.15) is 5.75 Å². The Balaban J connectivity index is 2.47. The Morgan fingerprint density at radius 2 is 2.15 bits per heavy atom. The Labute approximate surface area is 78.6 Å². The number of sulfone groups is 1. The summed E-state index contributed by atoms with van der Waals surface area (Å²) in [4.78, 5) is 11.4. The van der Waals surface area contributed by atoms with Gasteiger partial charge in [-0.25, -0.2) is 8.42 Å². The van der Waals surface area contributed by atoms with Crippen LogP contribution < -0.4 is 5.32 Å². The van der Waals surface area contributed by atoms with E-state index in [1.54, 1.807) is 0 Å². The van der Waals surface area contributed by atoms with Gasteiger partial charge >= 0.3 is 0 Å². The zero-order valence-corrected chi connectivity index (χ0v) is 8.56. The van der Waals surface area contributed by atoms with Crippen molar-refractivity contribution >= 4 is 15.6 Å². The van der Waals surface area contributed by atoms with E-state index in [0.29, 0.717) is 0 Å². The Bertz CT molecular complexity index is 278. The van der Waals surface area contributed by atoms with Gasteiger partial charge in [0.25, 0.3) is 0 Å². The van der Waals surface area contributed by atoms with Gasteiger partial charge in [0.15, 0.2) is 15.6 Å². The van der Waals surface area contributed by atoms with Gasteiger partial charge in [-0.3, -0.25) is 4.79 Å². The highest BCUT2D eigenvalue weighted by Crippen LogP contribution is 2.08. The van der Waals surface area contributed by atoms with Gasteiger partial charge in [-0.15, -0.1) is 0 Å². The van der Waals surface area contributed by atoms with Crippen molar-refractivity contribution in [1.29, 1.82) is 0 Å². The van der Waals surface area contributed by atoms with Crippen molar-refractivity contribution in [2.45, 2.75) is 25.3 Å². The van der Waals surface area contributed by atoms with E-state index in [1.165, 1.54) is 0 Å². The topological polar surface area (TPSA) is 63.2 Å². The van der Waals surface area contributed by atoms with Crippen molar-refractivity contribution < 1.29 is 13.2 Å². The van der Waals surface area contributed by atoms with E-state index < -0.39 is 9.84 Å². The van der Waals surface area contributed by atoms with Gasteiger partial charge in [-0.05, 0) is 19.4 Å². The number of nitrogens with one attached hydrogen (secondary N) is 1. The molecule has 0 aromatic carbocycles. The Kier molecular flexibility index (Phi) is 3.44. The maximum absolute atomic E-state index is 11.4. The van der Waals surface area contributed by atoms with Crippen LogP contribution in [-0.2, 0) is 14.6 Å². The fraction of sp³-hybridized carbons (Fsp3) is 0.875. The zero-order chi connectivity index (χ0) is 9.90. The van der Waals surface area contributed by atoms with E-state index in [0.717, 1.165) is 32.1 Å². The van der Waals surface area contributed by atoms with Gasteiger partial charge in [-0.2, -0.15) is 0 Å². The first-order valence-corrected chi connectivity index (χ1v) is 6.49. The van der Waals surface area contributed by atoms with Crippen LogP contribution in [0.1, 0.15) is 19.3 Å². The molecular weight excluding hydrogens is 190 g/mol. The van der Waals surface area contributed by atoms with E-state index in [2.05, 4.69) is 5.32 Å².